The summed E-state index contributed by atoms with van der Waals surface area (Å²) in [6.45, 7) is 4.29. The number of hydrogen-bond acceptors (Lipinski definition) is 2. The van der Waals surface area contributed by atoms with Crippen LogP contribution in [0.4, 0.5) is 0 Å². The summed E-state index contributed by atoms with van der Waals surface area (Å²) in [7, 11) is 0. The topological polar surface area (TPSA) is 35.6 Å². The molecular weight excluding hydrogens is 897 g/mol. The highest BCUT2D eigenvalue weighted by Gasteiger charge is 2.20. The van der Waals surface area contributed by atoms with E-state index < -0.39 is 0 Å². The van der Waals surface area contributed by atoms with E-state index in [1.54, 1.807) is 0 Å². The second-order valence-electron chi connectivity index (χ2n) is 19.2. The Labute approximate surface area is 431 Å². The summed E-state index contributed by atoms with van der Waals surface area (Å²) in [5.41, 5.74) is 24.2. The molecule has 0 radical (unpaired) electrons. The van der Waals surface area contributed by atoms with Gasteiger partial charge in [-0.05, 0) is 120 Å². The summed E-state index contributed by atoms with van der Waals surface area (Å²) in [4.78, 5) is 10.3. The molecule has 0 fully saturated rings. The molecule has 0 atom stereocenters. The Hall–Kier alpha value is -9.64. The summed E-state index contributed by atoms with van der Waals surface area (Å²) in [6, 6.07) is 96.0. The number of nitrogens with zero attached hydrogens (tertiary/aromatic N) is 4. The molecule has 350 valence electrons. The minimum Gasteiger partial charge on any atom is -0.309 e. The maximum Gasteiger partial charge on any atom is 0.0715 e. The van der Waals surface area contributed by atoms with Crippen molar-refractivity contribution in [1.82, 2.24) is 19.1 Å². The zero-order chi connectivity index (χ0) is 49.5. The van der Waals surface area contributed by atoms with Crippen LogP contribution in [-0.4, -0.2) is 19.1 Å². The van der Waals surface area contributed by atoms with Crippen molar-refractivity contribution in [2.45, 2.75) is 13.8 Å². The van der Waals surface area contributed by atoms with Gasteiger partial charge >= 0.3 is 0 Å². The van der Waals surface area contributed by atoms with Crippen molar-refractivity contribution < 1.29 is 0 Å². The monoisotopic (exact) mass is 946 g/mol. The first-order valence-corrected chi connectivity index (χ1v) is 25.3. The lowest BCUT2D eigenvalue weighted by atomic mass is 9.99. The van der Waals surface area contributed by atoms with E-state index in [-0.39, 0.29) is 0 Å². The third-order valence-corrected chi connectivity index (χ3v) is 14.3. The Morgan fingerprint density at radius 1 is 0.243 bits per heavy atom. The van der Waals surface area contributed by atoms with Crippen molar-refractivity contribution in [2.24, 2.45) is 0 Å². The van der Waals surface area contributed by atoms with E-state index in [1.165, 1.54) is 11.1 Å². The molecule has 4 nitrogen and oxygen atoms in total. The fraction of sp³-hybridized carbons (Fsp3) is 0.0286. The molecule has 13 aromatic rings. The van der Waals surface area contributed by atoms with Crippen LogP contribution in [0.5, 0.6) is 0 Å². The average Bonchev–Trinajstić information content (AvgIpc) is 4.04. The van der Waals surface area contributed by atoms with Gasteiger partial charge in [0, 0.05) is 44.4 Å². The summed E-state index contributed by atoms with van der Waals surface area (Å²) in [6.07, 6.45) is 0. The van der Waals surface area contributed by atoms with Crippen molar-refractivity contribution in [1.29, 1.82) is 0 Å². The molecular formula is C70H50N4. The van der Waals surface area contributed by atoms with Gasteiger partial charge in [-0.25, -0.2) is 9.97 Å². The minimum absolute atomic E-state index is 0.949. The first-order chi connectivity index (χ1) is 36.5. The quantitative estimate of drug-likeness (QED) is 0.137. The smallest absolute Gasteiger partial charge is 0.0715 e. The second kappa shape index (κ2) is 18.8. The van der Waals surface area contributed by atoms with Gasteiger partial charge in [-0.15, -0.1) is 0 Å². The van der Waals surface area contributed by atoms with Crippen molar-refractivity contribution in [2.75, 3.05) is 0 Å². The van der Waals surface area contributed by atoms with Crippen LogP contribution >= 0.6 is 0 Å². The van der Waals surface area contributed by atoms with Gasteiger partial charge in [-0.1, -0.05) is 205 Å². The van der Waals surface area contributed by atoms with Crippen molar-refractivity contribution in [3.63, 3.8) is 0 Å². The third-order valence-electron chi connectivity index (χ3n) is 14.3. The van der Waals surface area contributed by atoms with Crippen LogP contribution in [-0.2, 0) is 0 Å². The average molecular weight is 947 g/mol. The Balaban J connectivity index is 0.943. The van der Waals surface area contributed by atoms with Crippen LogP contribution < -0.4 is 0 Å². The first-order valence-electron chi connectivity index (χ1n) is 25.3. The van der Waals surface area contributed by atoms with Gasteiger partial charge in [-0.3, -0.25) is 0 Å². The summed E-state index contributed by atoms with van der Waals surface area (Å²) in [5.74, 6) is 0. The predicted octanol–water partition coefficient (Wildman–Crippen LogP) is 18.3. The Bertz CT molecular complexity index is 3730. The van der Waals surface area contributed by atoms with Gasteiger partial charge in [0.15, 0.2) is 0 Å². The standard InChI is InChI=1S/C70H50N4/c1-47-23-27-55(28-24-47)67-43-59-45-70-60(46-69(59)73(67)61-35-31-49(32-36-61)57-39-63(51-15-7-3-8-16-51)71-64(40-57)52-17-9-4-10-18-52)44-68(56-29-25-48(2)26-30-56)74(70)62-37-33-50(34-38-62)58-41-65(53-19-11-5-12-20-53)72-66(42-58)54-21-13-6-14-22-54/h3-46H,1-2H3. The van der Waals surface area contributed by atoms with Crippen LogP contribution in [0.3, 0.4) is 0 Å². The molecule has 0 spiro atoms. The number of benzene rings is 9. The number of aromatic nitrogens is 4. The van der Waals surface area contributed by atoms with E-state index in [1.807, 2.05) is 0 Å². The molecule has 0 aliphatic rings. The van der Waals surface area contributed by atoms with Crippen LogP contribution in [0.1, 0.15) is 11.1 Å². The van der Waals surface area contributed by atoms with E-state index in [0.29, 0.717) is 0 Å². The van der Waals surface area contributed by atoms with Gasteiger partial charge in [0.05, 0.1) is 45.2 Å². The molecule has 9 aromatic carbocycles. The normalized spacial score (nSPS) is 11.4. The molecule has 74 heavy (non-hydrogen) atoms. The van der Waals surface area contributed by atoms with Crippen LogP contribution in [0.25, 0.3) is 123 Å². The van der Waals surface area contributed by atoms with E-state index in [0.717, 1.165) is 123 Å². The highest BCUT2D eigenvalue weighted by Crippen LogP contribution is 2.40. The van der Waals surface area contributed by atoms with Crippen molar-refractivity contribution in [3.8, 4) is 101 Å². The predicted molar refractivity (Wildman–Crippen MR) is 309 cm³/mol. The fourth-order valence-corrected chi connectivity index (χ4v) is 10.4. The first kappa shape index (κ1) is 44.3. The molecule has 0 bridgehead atoms. The molecule has 13 rings (SSSR count). The summed E-state index contributed by atoms with van der Waals surface area (Å²) >= 11 is 0. The van der Waals surface area contributed by atoms with E-state index in [9.17, 15) is 0 Å². The fourth-order valence-electron chi connectivity index (χ4n) is 10.4. The summed E-state index contributed by atoms with van der Waals surface area (Å²) < 4.78 is 4.86. The highest BCUT2D eigenvalue weighted by atomic mass is 15.0. The number of pyridine rings is 2. The lowest BCUT2D eigenvalue weighted by Gasteiger charge is -2.15. The maximum atomic E-state index is 5.15. The molecule has 0 saturated heterocycles. The molecule has 4 aromatic heterocycles. The molecule has 4 heteroatoms. The zero-order valence-electron chi connectivity index (χ0n) is 41.2. The zero-order valence-corrected chi connectivity index (χ0v) is 41.2. The van der Waals surface area contributed by atoms with Crippen LogP contribution in [0.15, 0.2) is 267 Å². The minimum atomic E-state index is 0.949. The molecule has 0 saturated carbocycles. The summed E-state index contributed by atoms with van der Waals surface area (Å²) in [5, 5.41) is 2.33. The molecule has 0 N–H and O–H groups in total. The lowest BCUT2D eigenvalue weighted by Crippen LogP contribution is -1.98. The van der Waals surface area contributed by atoms with Gasteiger partial charge in [0.25, 0.3) is 0 Å². The van der Waals surface area contributed by atoms with Crippen molar-refractivity contribution >= 4 is 21.8 Å². The largest absolute Gasteiger partial charge is 0.309 e. The Morgan fingerprint density at radius 3 is 0.824 bits per heavy atom. The van der Waals surface area contributed by atoms with Crippen LogP contribution in [0.2, 0.25) is 0 Å². The maximum absolute atomic E-state index is 5.15. The third kappa shape index (κ3) is 8.48. The van der Waals surface area contributed by atoms with Gasteiger partial charge in [0.1, 0.15) is 0 Å². The number of hydrogen-bond donors (Lipinski definition) is 0. The Morgan fingerprint density at radius 2 is 0.527 bits per heavy atom. The van der Waals surface area contributed by atoms with Crippen LogP contribution in [0, 0.1) is 13.8 Å². The Kier molecular flexibility index (Phi) is 11.3. The van der Waals surface area contributed by atoms with Gasteiger partial charge < -0.3 is 9.13 Å². The number of fused-ring (bicyclic) bond motifs is 2. The number of aryl methyl sites for hydroxylation is 2. The molecule has 4 heterocycles. The molecule has 0 aliphatic carbocycles. The molecule has 0 amide bonds. The SMILES string of the molecule is Cc1ccc(-c2cc3cc4c(cc(-c5ccc(C)cc5)n4-c4ccc(-c5cc(-c6ccccc6)nc(-c6ccccc6)c5)cc4)cc3n2-c2ccc(-c3cc(-c4ccccc4)nc(-c4ccccc4)c3)cc2)cc1. The van der Waals surface area contributed by atoms with Gasteiger partial charge in [-0.2, -0.15) is 0 Å². The lowest BCUT2D eigenvalue weighted by molar-refractivity contribution is 1.13. The molecule has 0 aliphatic heterocycles. The second-order valence-corrected chi connectivity index (χ2v) is 19.2. The number of rotatable bonds is 10. The van der Waals surface area contributed by atoms with E-state index in [4.69, 9.17) is 9.97 Å². The molecule has 0 unspecified atom stereocenters. The van der Waals surface area contributed by atoms with Crippen molar-refractivity contribution in [3.05, 3.63) is 278 Å². The van der Waals surface area contributed by atoms with E-state index in [2.05, 4.69) is 290 Å². The highest BCUT2D eigenvalue weighted by molar-refractivity contribution is 6.02. The van der Waals surface area contributed by atoms with E-state index >= 15 is 0 Å². The van der Waals surface area contributed by atoms with Gasteiger partial charge in [0.2, 0.25) is 0 Å².